The van der Waals surface area contributed by atoms with Crippen LogP contribution in [0.25, 0.3) is 11.0 Å². The van der Waals surface area contributed by atoms with Crippen molar-refractivity contribution < 1.29 is 9.21 Å². The molecule has 0 saturated carbocycles. The number of halogens is 1. The van der Waals surface area contributed by atoms with Crippen molar-refractivity contribution in [2.45, 2.75) is 13.8 Å². The number of fused-ring (bicyclic) bond motifs is 1. The Kier molecular flexibility index (Phi) is 2.96. The van der Waals surface area contributed by atoms with Crippen LogP contribution in [0.5, 0.6) is 0 Å². The van der Waals surface area contributed by atoms with Crippen LogP contribution in [0.1, 0.15) is 26.6 Å². The molecule has 0 bridgehead atoms. The number of benzene rings is 1. The Morgan fingerprint density at radius 1 is 1.26 bits per heavy atom. The fraction of sp³-hybridized carbons (Fsp3) is 0.133. The average Bonchev–Trinajstić information content (AvgIpc) is 2.94. The van der Waals surface area contributed by atoms with Crippen molar-refractivity contribution in [2.24, 2.45) is 0 Å². The average molecular weight is 291 g/mol. The van der Waals surface area contributed by atoms with Gasteiger partial charge in [-0.25, -0.2) is 0 Å². The van der Waals surface area contributed by atoms with Crippen LogP contribution in [0, 0.1) is 13.8 Å². The lowest BCUT2D eigenvalue weighted by Gasteiger charge is -1.97. The Morgan fingerprint density at radius 2 is 2.05 bits per heavy atom. The molecule has 0 N–H and O–H groups in total. The van der Waals surface area contributed by atoms with Gasteiger partial charge in [-0.15, -0.1) is 11.3 Å². The molecular formula is C15H11ClO2S. The minimum absolute atomic E-state index is 0.0580. The Labute approximate surface area is 119 Å². The van der Waals surface area contributed by atoms with E-state index in [2.05, 4.69) is 0 Å². The zero-order valence-electron chi connectivity index (χ0n) is 10.5. The van der Waals surface area contributed by atoms with Gasteiger partial charge in [0.2, 0.25) is 5.78 Å². The number of ketones is 1. The maximum absolute atomic E-state index is 12.5. The second-order valence-electron chi connectivity index (χ2n) is 4.46. The highest BCUT2D eigenvalue weighted by Crippen LogP contribution is 2.30. The SMILES string of the molecule is Cc1ccsc1C(=O)c1oc2ccc(Cl)cc2c1C. The molecule has 4 heteroatoms. The second kappa shape index (κ2) is 4.51. The minimum atomic E-state index is -0.0580. The first-order valence-corrected chi connectivity index (χ1v) is 7.11. The van der Waals surface area contributed by atoms with Crippen molar-refractivity contribution >= 4 is 39.7 Å². The maximum Gasteiger partial charge on any atom is 0.238 e. The van der Waals surface area contributed by atoms with Gasteiger partial charge in [0, 0.05) is 16.0 Å². The quantitative estimate of drug-likeness (QED) is 0.622. The molecule has 0 fully saturated rings. The lowest BCUT2D eigenvalue weighted by atomic mass is 10.1. The zero-order chi connectivity index (χ0) is 13.6. The molecule has 19 heavy (non-hydrogen) atoms. The summed E-state index contributed by atoms with van der Waals surface area (Å²) in [6.07, 6.45) is 0. The predicted octanol–water partition coefficient (Wildman–Crippen LogP) is 5.00. The molecule has 2 aromatic heterocycles. The number of thiophene rings is 1. The topological polar surface area (TPSA) is 30.2 Å². The van der Waals surface area contributed by atoms with E-state index in [-0.39, 0.29) is 5.78 Å². The van der Waals surface area contributed by atoms with Gasteiger partial charge in [0.05, 0.1) is 4.88 Å². The van der Waals surface area contributed by atoms with Crippen LogP contribution in [0.2, 0.25) is 5.02 Å². The minimum Gasteiger partial charge on any atom is -0.452 e. The summed E-state index contributed by atoms with van der Waals surface area (Å²) in [5.74, 6) is 0.347. The highest BCUT2D eigenvalue weighted by molar-refractivity contribution is 7.12. The second-order valence-corrected chi connectivity index (χ2v) is 5.81. The van der Waals surface area contributed by atoms with Gasteiger partial charge in [-0.05, 0) is 49.1 Å². The van der Waals surface area contributed by atoms with Crippen LogP contribution in [0.15, 0.2) is 34.1 Å². The Balaban J connectivity index is 2.18. The fourth-order valence-electron chi connectivity index (χ4n) is 2.12. The molecule has 2 nitrogen and oxygen atoms in total. The summed E-state index contributed by atoms with van der Waals surface area (Å²) in [6, 6.07) is 7.32. The molecule has 1 aromatic carbocycles. The van der Waals surface area contributed by atoms with Gasteiger partial charge in [0.25, 0.3) is 0 Å². The van der Waals surface area contributed by atoms with Gasteiger partial charge in [0.15, 0.2) is 5.76 Å². The van der Waals surface area contributed by atoms with E-state index in [1.165, 1.54) is 11.3 Å². The molecule has 0 spiro atoms. The van der Waals surface area contributed by atoms with Gasteiger partial charge in [-0.2, -0.15) is 0 Å². The number of hydrogen-bond donors (Lipinski definition) is 0. The number of carbonyl (C=O) groups is 1. The first kappa shape index (κ1) is 12.5. The number of aryl methyl sites for hydroxylation is 2. The van der Waals surface area contributed by atoms with E-state index in [0.29, 0.717) is 16.4 Å². The lowest BCUT2D eigenvalue weighted by molar-refractivity contribution is 0.101. The summed E-state index contributed by atoms with van der Waals surface area (Å²) in [5.41, 5.74) is 2.52. The number of rotatable bonds is 2. The molecule has 2 heterocycles. The normalized spacial score (nSPS) is 11.1. The van der Waals surface area contributed by atoms with Crippen LogP contribution in [0.4, 0.5) is 0 Å². The van der Waals surface area contributed by atoms with E-state index >= 15 is 0 Å². The third kappa shape index (κ3) is 1.99. The zero-order valence-corrected chi connectivity index (χ0v) is 12.1. The molecular weight excluding hydrogens is 280 g/mol. The van der Waals surface area contributed by atoms with Gasteiger partial charge >= 0.3 is 0 Å². The van der Waals surface area contributed by atoms with E-state index in [0.717, 1.165) is 21.4 Å². The summed E-state index contributed by atoms with van der Waals surface area (Å²) < 4.78 is 5.69. The Hall–Kier alpha value is -1.58. The maximum atomic E-state index is 12.5. The summed E-state index contributed by atoms with van der Waals surface area (Å²) in [7, 11) is 0. The lowest BCUT2D eigenvalue weighted by Crippen LogP contribution is -2.00. The van der Waals surface area contributed by atoms with E-state index in [4.69, 9.17) is 16.0 Å². The molecule has 96 valence electrons. The van der Waals surface area contributed by atoms with Gasteiger partial charge in [0.1, 0.15) is 5.58 Å². The van der Waals surface area contributed by atoms with Crippen LogP contribution in [-0.4, -0.2) is 5.78 Å². The largest absolute Gasteiger partial charge is 0.452 e. The molecule has 0 aliphatic rings. The van der Waals surface area contributed by atoms with E-state index in [1.807, 2.05) is 31.4 Å². The number of hydrogen-bond acceptors (Lipinski definition) is 3. The first-order chi connectivity index (χ1) is 9.08. The van der Waals surface area contributed by atoms with Crippen LogP contribution in [0.3, 0.4) is 0 Å². The van der Waals surface area contributed by atoms with Gasteiger partial charge in [-0.1, -0.05) is 11.6 Å². The molecule has 0 saturated heterocycles. The van der Waals surface area contributed by atoms with Crippen molar-refractivity contribution in [1.29, 1.82) is 0 Å². The molecule has 0 aliphatic heterocycles. The van der Waals surface area contributed by atoms with Crippen molar-refractivity contribution in [1.82, 2.24) is 0 Å². The van der Waals surface area contributed by atoms with E-state index in [1.54, 1.807) is 12.1 Å². The van der Waals surface area contributed by atoms with Crippen LogP contribution < -0.4 is 0 Å². The predicted molar refractivity (Wildman–Crippen MR) is 78.4 cm³/mol. The third-order valence-corrected chi connectivity index (χ3v) is 4.42. The highest BCUT2D eigenvalue weighted by atomic mass is 35.5. The molecule has 0 radical (unpaired) electrons. The van der Waals surface area contributed by atoms with E-state index < -0.39 is 0 Å². The van der Waals surface area contributed by atoms with Gasteiger partial charge < -0.3 is 4.42 Å². The number of furan rings is 1. The Bertz CT molecular complexity index is 783. The monoisotopic (exact) mass is 290 g/mol. The van der Waals surface area contributed by atoms with Crippen molar-refractivity contribution in [3.63, 3.8) is 0 Å². The molecule has 3 aromatic rings. The molecule has 0 atom stereocenters. The highest BCUT2D eigenvalue weighted by Gasteiger charge is 2.21. The van der Waals surface area contributed by atoms with Crippen molar-refractivity contribution in [3.05, 3.63) is 56.4 Å². The third-order valence-electron chi connectivity index (χ3n) is 3.17. The molecule has 3 rings (SSSR count). The van der Waals surface area contributed by atoms with Crippen LogP contribution in [-0.2, 0) is 0 Å². The summed E-state index contributed by atoms with van der Waals surface area (Å²) >= 11 is 7.42. The number of carbonyl (C=O) groups excluding carboxylic acids is 1. The molecule has 0 aliphatic carbocycles. The van der Waals surface area contributed by atoms with E-state index in [9.17, 15) is 4.79 Å². The molecule has 0 unspecified atom stereocenters. The summed E-state index contributed by atoms with van der Waals surface area (Å²) in [4.78, 5) is 13.2. The van der Waals surface area contributed by atoms with Gasteiger partial charge in [-0.3, -0.25) is 4.79 Å². The van der Waals surface area contributed by atoms with Crippen molar-refractivity contribution in [3.8, 4) is 0 Å². The summed E-state index contributed by atoms with van der Waals surface area (Å²) in [5, 5.41) is 3.45. The fourth-order valence-corrected chi connectivity index (χ4v) is 3.15. The standard InChI is InChI=1S/C15H11ClO2S/c1-8-5-6-19-15(8)13(17)14-9(2)11-7-10(16)3-4-12(11)18-14/h3-7H,1-2H3. The Morgan fingerprint density at radius 3 is 2.74 bits per heavy atom. The van der Waals surface area contributed by atoms with Crippen LogP contribution >= 0.6 is 22.9 Å². The molecule has 0 amide bonds. The first-order valence-electron chi connectivity index (χ1n) is 5.85. The smallest absolute Gasteiger partial charge is 0.238 e. The van der Waals surface area contributed by atoms with Crippen molar-refractivity contribution in [2.75, 3.05) is 0 Å². The summed E-state index contributed by atoms with van der Waals surface area (Å²) in [6.45, 7) is 3.82.